The van der Waals surface area contributed by atoms with Crippen LogP contribution in [0, 0.1) is 0 Å². The second kappa shape index (κ2) is 5.05. The molecule has 1 aromatic carbocycles. The molecule has 0 amide bonds. The third-order valence-electron chi connectivity index (χ3n) is 2.38. The van der Waals surface area contributed by atoms with E-state index in [1.807, 2.05) is 43.6 Å². The first-order chi connectivity index (χ1) is 8.22. The minimum absolute atomic E-state index is 0.559. The van der Waals surface area contributed by atoms with Gasteiger partial charge in [-0.3, -0.25) is 0 Å². The smallest absolute Gasteiger partial charge is 0.158 e. The summed E-state index contributed by atoms with van der Waals surface area (Å²) in [6.07, 6.45) is 1.90. The normalized spacial score (nSPS) is 11.8. The summed E-state index contributed by atoms with van der Waals surface area (Å²) in [5.41, 5.74) is 7.48. The molecule has 0 saturated carbocycles. The maximum Gasteiger partial charge on any atom is 0.158 e. The van der Waals surface area contributed by atoms with E-state index in [4.69, 9.17) is 5.73 Å². The number of pyridine rings is 1. The highest BCUT2D eigenvalue weighted by atomic mass is 32.2. The fourth-order valence-corrected chi connectivity index (χ4v) is 1.69. The topological polar surface area (TPSA) is 63.3 Å². The average Bonchev–Trinajstić information content (AvgIpc) is 2.38. The number of benzene rings is 1. The SMILES string of the molecule is CNc1ccc2cc(N=C(N)SC)ccc2n1. The van der Waals surface area contributed by atoms with Crippen molar-refractivity contribution in [2.45, 2.75) is 0 Å². The van der Waals surface area contributed by atoms with Crippen LogP contribution in [-0.2, 0) is 0 Å². The van der Waals surface area contributed by atoms with Gasteiger partial charge in [0.1, 0.15) is 5.82 Å². The van der Waals surface area contributed by atoms with Gasteiger partial charge in [0.05, 0.1) is 11.2 Å². The van der Waals surface area contributed by atoms with Crippen molar-refractivity contribution in [3.05, 3.63) is 30.3 Å². The highest BCUT2D eigenvalue weighted by Crippen LogP contribution is 2.22. The standard InChI is InChI=1S/C12H14N4S/c1-14-11-6-3-8-7-9(15-12(13)17-2)4-5-10(8)16-11/h3-7H,1-2H3,(H2,13,15)(H,14,16). The van der Waals surface area contributed by atoms with E-state index in [1.54, 1.807) is 0 Å². The van der Waals surface area contributed by atoms with Crippen molar-refractivity contribution in [2.75, 3.05) is 18.6 Å². The summed E-state index contributed by atoms with van der Waals surface area (Å²) in [7, 11) is 1.85. The van der Waals surface area contributed by atoms with E-state index >= 15 is 0 Å². The minimum atomic E-state index is 0.559. The summed E-state index contributed by atoms with van der Waals surface area (Å²) < 4.78 is 0. The lowest BCUT2D eigenvalue weighted by Crippen LogP contribution is -2.04. The van der Waals surface area contributed by atoms with Crippen LogP contribution in [0.1, 0.15) is 0 Å². The van der Waals surface area contributed by atoms with E-state index in [0.717, 1.165) is 22.4 Å². The monoisotopic (exact) mass is 246 g/mol. The quantitative estimate of drug-likeness (QED) is 0.631. The number of thioether (sulfide) groups is 1. The Morgan fingerprint density at radius 2 is 2.18 bits per heavy atom. The highest BCUT2D eigenvalue weighted by molar-refractivity contribution is 8.13. The van der Waals surface area contributed by atoms with Crippen molar-refractivity contribution >= 4 is 39.3 Å². The third-order valence-corrected chi connectivity index (χ3v) is 2.89. The maximum absolute atomic E-state index is 5.68. The van der Waals surface area contributed by atoms with Gasteiger partial charge in [-0.1, -0.05) is 11.8 Å². The second-order valence-corrected chi connectivity index (χ2v) is 4.30. The van der Waals surface area contributed by atoms with Gasteiger partial charge in [-0.05, 0) is 36.6 Å². The van der Waals surface area contributed by atoms with Crippen LogP contribution in [0.5, 0.6) is 0 Å². The van der Waals surface area contributed by atoms with Gasteiger partial charge >= 0.3 is 0 Å². The summed E-state index contributed by atoms with van der Waals surface area (Å²) >= 11 is 1.43. The molecule has 17 heavy (non-hydrogen) atoms. The average molecular weight is 246 g/mol. The third kappa shape index (κ3) is 2.68. The summed E-state index contributed by atoms with van der Waals surface area (Å²) in [5, 5.41) is 4.63. The van der Waals surface area contributed by atoms with Gasteiger partial charge < -0.3 is 11.1 Å². The number of nitrogens with zero attached hydrogens (tertiary/aromatic N) is 2. The van der Waals surface area contributed by atoms with Crippen LogP contribution in [0.4, 0.5) is 11.5 Å². The predicted molar refractivity (Wildman–Crippen MR) is 76.1 cm³/mol. The van der Waals surface area contributed by atoms with Crippen LogP contribution in [0.2, 0.25) is 0 Å². The van der Waals surface area contributed by atoms with Gasteiger partial charge in [0.2, 0.25) is 0 Å². The Bertz CT molecular complexity index is 565. The number of aromatic nitrogens is 1. The molecule has 0 spiro atoms. The summed E-state index contributed by atoms with van der Waals surface area (Å²) in [6, 6.07) is 9.79. The van der Waals surface area contributed by atoms with Crippen LogP contribution in [-0.4, -0.2) is 23.5 Å². The van der Waals surface area contributed by atoms with Gasteiger partial charge in [0.25, 0.3) is 0 Å². The number of anilines is 1. The largest absolute Gasteiger partial charge is 0.378 e. The van der Waals surface area contributed by atoms with Gasteiger partial charge in [0.15, 0.2) is 5.17 Å². The Balaban J connectivity index is 2.45. The molecule has 0 atom stereocenters. The molecule has 88 valence electrons. The lowest BCUT2D eigenvalue weighted by Gasteiger charge is -2.03. The first kappa shape index (κ1) is 11.7. The van der Waals surface area contributed by atoms with Gasteiger partial charge in [-0.25, -0.2) is 9.98 Å². The van der Waals surface area contributed by atoms with E-state index < -0.39 is 0 Å². The van der Waals surface area contributed by atoms with Crippen molar-refractivity contribution in [3.8, 4) is 0 Å². The van der Waals surface area contributed by atoms with Crippen molar-refractivity contribution in [3.63, 3.8) is 0 Å². The predicted octanol–water partition coefficient (Wildman–Crippen LogP) is 2.59. The van der Waals surface area contributed by atoms with E-state index in [9.17, 15) is 0 Å². The fraction of sp³-hybridized carbons (Fsp3) is 0.167. The molecule has 4 nitrogen and oxygen atoms in total. The molecule has 0 fully saturated rings. The molecule has 1 heterocycles. The lowest BCUT2D eigenvalue weighted by molar-refractivity contribution is 1.34. The second-order valence-electron chi connectivity index (χ2n) is 3.48. The van der Waals surface area contributed by atoms with Gasteiger partial charge in [-0.15, -0.1) is 0 Å². The number of hydrogen-bond acceptors (Lipinski definition) is 4. The molecule has 1 aromatic heterocycles. The first-order valence-electron chi connectivity index (χ1n) is 5.19. The van der Waals surface area contributed by atoms with Crippen LogP contribution < -0.4 is 11.1 Å². The van der Waals surface area contributed by atoms with Crippen LogP contribution in [0.25, 0.3) is 10.9 Å². The van der Waals surface area contributed by atoms with Gasteiger partial charge in [0, 0.05) is 12.4 Å². The van der Waals surface area contributed by atoms with Crippen LogP contribution >= 0.6 is 11.8 Å². The lowest BCUT2D eigenvalue weighted by atomic mass is 10.2. The maximum atomic E-state index is 5.68. The van der Waals surface area contributed by atoms with Crippen molar-refractivity contribution in [2.24, 2.45) is 10.7 Å². The van der Waals surface area contributed by atoms with Crippen LogP contribution in [0.3, 0.4) is 0 Å². The first-order valence-corrected chi connectivity index (χ1v) is 6.42. The number of amidine groups is 1. The van der Waals surface area contributed by atoms with Crippen LogP contribution in [0.15, 0.2) is 35.3 Å². The molecule has 2 aromatic rings. The molecule has 0 aliphatic rings. The Kier molecular flexibility index (Phi) is 3.49. The van der Waals surface area contributed by atoms with E-state index in [2.05, 4.69) is 15.3 Å². The number of nitrogens with one attached hydrogen (secondary N) is 1. The summed E-state index contributed by atoms with van der Waals surface area (Å²) in [5.74, 6) is 0.859. The number of nitrogens with two attached hydrogens (primary N) is 1. The molecule has 0 saturated heterocycles. The molecular weight excluding hydrogens is 232 g/mol. The van der Waals surface area contributed by atoms with Gasteiger partial charge in [-0.2, -0.15) is 0 Å². The molecule has 0 aliphatic carbocycles. The zero-order valence-corrected chi connectivity index (χ0v) is 10.6. The van der Waals surface area contributed by atoms with Crippen molar-refractivity contribution < 1.29 is 0 Å². The summed E-state index contributed by atoms with van der Waals surface area (Å²) in [4.78, 5) is 8.72. The minimum Gasteiger partial charge on any atom is -0.378 e. The van der Waals surface area contributed by atoms with E-state index in [1.165, 1.54) is 11.8 Å². The molecule has 2 rings (SSSR count). The number of hydrogen-bond donors (Lipinski definition) is 2. The summed E-state index contributed by atoms with van der Waals surface area (Å²) in [6.45, 7) is 0. The van der Waals surface area contributed by atoms with Crippen molar-refractivity contribution in [1.82, 2.24) is 4.98 Å². The zero-order chi connectivity index (χ0) is 12.3. The molecule has 0 bridgehead atoms. The molecule has 0 radical (unpaired) electrons. The zero-order valence-electron chi connectivity index (χ0n) is 9.77. The Labute approximate surface area is 104 Å². The Morgan fingerprint density at radius 3 is 2.88 bits per heavy atom. The number of fused-ring (bicyclic) bond motifs is 1. The number of aliphatic imine (C=N–C) groups is 1. The van der Waals surface area contributed by atoms with E-state index in [-0.39, 0.29) is 0 Å². The van der Waals surface area contributed by atoms with Crippen molar-refractivity contribution in [1.29, 1.82) is 0 Å². The van der Waals surface area contributed by atoms with E-state index in [0.29, 0.717) is 5.17 Å². The Morgan fingerprint density at radius 1 is 1.35 bits per heavy atom. The molecular formula is C12H14N4S. The highest BCUT2D eigenvalue weighted by Gasteiger charge is 1.99. The number of rotatable bonds is 2. The molecule has 0 unspecified atom stereocenters. The Hall–Kier alpha value is -1.75. The fourth-order valence-electron chi connectivity index (χ4n) is 1.49. The molecule has 3 N–H and O–H groups in total. The molecule has 5 heteroatoms. The molecule has 0 aliphatic heterocycles.